The van der Waals surface area contributed by atoms with Crippen LogP contribution in [-0.4, -0.2) is 24.0 Å². The minimum atomic E-state index is 0. The van der Waals surface area contributed by atoms with Crippen molar-refractivity contribution in [3.05, 3.63) is 34.3 Å². The van der Waals surface area contributed by atoms with Gasteiger partial charge in [-0.25, -0.2) is 0 Å². The standard InChI is InChI=1S/C12H17ClN2.ClH/c1-9(14)7-15-6-5-11-10(8-15)3-2-4-12(11)13;/h2-4,9H,5-8,14H2,1H3;1H. The van der Waals surface area contributed by atoms with Crippen LogP contribution in [0.1, 0.15) is 18.1 Å². The zero-order valence-corrected chi connectivity index (χ0v) is 11.0. The zero-order valence-electron chi connectivity index (χ0n) is 9.45. The summed E-state index contributed by atoms with van der Waals surface area (Å²) in [6.07, 6.45) is 1.04. The molecule has 0 bridgehead atoms. The average Bonchev–Trinajstić information content (AvgIpc) is 2.17. The maximum atomic E-state index is 6.15. The first-order valence-corrected chi connectivity index (χ1v) is 5.79. The van der Waals surface area contributed by atoms with Gasteiger partial charge in [-0.1, -0.05) is 23.7 Å². The number of benzene rings is 1. The van der Waals surface area contributed by atoms with E-state index in [0.717, 1.165) is 31.1 Å². The van der Waals surface area contributed by atoms with Crippen molar-refractivity contribution in [1.29, 1.82) is 0 Å². The highest BCUT2D eigenvalue weighted by Gasteiger charge is 2.18. The molecule has 1 aliphatic heterocycles. The molecule has 0 fully saturated rings. The number of nitrogens with two attached hydrogens (primary N) is 1. The molecule has 0 saturated heterocycles. The number of hydrogen-bond acceptors (Lipinski definition) is 2. The Morgan fingerprint density at radius 3 is 2.94 bits per heavy atom. The monoisotopic (exact) mass is 260 g/mol. The van der Waals surface area contributed by atoms with E-state index in [1.54, 1.807) is 0 Å². The van der Waals surface area contributed by atoms with Crippen LogP contribution in [0.5, 0.6) is 0 Å². The Morgan fingerprint density at radius 1 is 1.50 bits per heavy atom. The molecule has 0 spiro atoms. The Hall–Kier alpha value is -0.280. The molecular weight excluding hydrogens is 243 g/mol. The summed E-state index contributed by atoms with van der Waals surface area (Å²) in [5.74, 6) is 0. The smallest absolute Gasteiger partial charge is 0.0441 e. The van der Waals surface area contributed by atoms with E-state index < -0.39 is 0 Å². The first-order chi connectivity index (χ1) is 7.16. The van der Waals surface area contributed by atoms with E-state index in [1.165, 1.54) is 11.1 Å². The normalized spacial score (nSPS) is 17.4. The van der Waals surface area contributed by atoms with Crippen LogP contribution in [0, 0.1) is 0 Å². The lowest BCUT2D eigenvalue weighted by Crippen LogP contribution is -2.38. The van der Waals surface area contributed by atoms with Crippen molar-refractivity contribution >= 4 is 24.0 Å². The van der Waals surface area contributed by atoms with Gasteiger partial charge in [-0.05, 0) is 30.5 Å². The quantitative estimate of drug-likeness (QED) is 0.886. The fraction of sp³-hybridized carbons (Fsp3) is 0.500. The molecule has 16 heavy (non-hydrogen) atoms. The van der Waals surface area contributed by atoms with Crippen molar-refractivity contribution in [2.45, 2.75) is 25.9 Å². The molecular formula is C12H18Cl2N2. The second kappa shape index (κ2) is 5.87. The first kappa shape index (κ1) is 13.8. The second-order valence-electron chi connectivity index (χ2n) is 4.34. The van der Waals surface area contributed by atoms with Crippen molar-refractivity contribution < 1.29 is 0 Å². The Kier molecular flexibility index (Phi) is 5.06. The lowest BCUT2D eigenvalue weighted by Gasteiger charge is -2.30. The van der Waals surface area contributed by atoms with Gasteiger partial charge < -0.3 is 5.73 Å². The summed E-state index contributed by atoms with van der Waals surface area (Å²) in [6.45, 7) is 5.06. The van der Waals surface area contributed by atoms with Crippen LogP contribution in [0.3, 0.4) is 0 Å². The van der Waals surface area contributed by atoms with E-state index >= 15 is 0 Å². The molecule has 1 unspecified atom stereocenters. The topological polar surface area (TPSA) is 29.3 Å². The van der Waals surface area contributed by atoms with Gasteiger partial charge >= 0.3 is 0 Å². The summed E-state index contributed by atoms with van der Waals surface area (Å²) in [7, 11) is 0. The minimum absolute atomic E-state index is 0. The van der Waals surface area contributed by atoms with Gasteiger partial charge in [0.15, 0.2) is 0 Å². The highest BCUT2D eigenvalue weighted by Crippen LogP contribution is 2.25. The Bertz CT molecular complexity index is 353. The SMILES string of the molecule is CC(N)CN1CCc2c(Cl)cccc2C1.Cl. The van der Waals surface area contributed by atoms with Crippen molar-refractivity contribution in [3.8, 4) is 0 Å². The third kappa shape index (κ3) is 3.11. The summed E-state index contributed by atoms with van der Waals surface area (Å²) in [4.78, 5) is 2.39. The Labute approximate surface area is 108 Å². The number of hydrogen-bond donors (Lipinski definition) is 1. The maximum Gasteiger partial charge on any atom is 0.0441 e. The summed E-state index contributed by atoms with van der Waals surface area (Å²) in [5, 5.41) is 0.910. The summed E-state index contributed by atoms with van der Waals surface area (Å²) >= 11 is 6.15. The number of nitrogens with zero attached hydrogens (tertiary/aromatic N) is 1. The van der Waals surface area contributed by atoms with E-state index in [1.807, 2.05) is 19.1 Å². The molecule has 0 aromatic heterocycles. The maximum absolute atomic E-state index is 6.15. The third-order valence-electron chi connectivity index (χ3n) is 2.83. The van der Waals surface area contributed by atoms with Gasteiger partial charge in [0.2, 0.25) is 0 Å². The van der Waals surface area contributed by atoms with Crippen molar-refractivity contribution in [3.63, 3.8) is 0 Å². The molecule has 0 amide bonds. The molecule has 0 saturated carbocycles. The van der Waals surface area contributed by atoms with Gasteiger partial charge in [-0.3, -0.25) is 4.90 Å². The van der Waals surface area contributed by atoms with Crippen LogP contribution in [0.25, 0.3) is 0 Å². The highest BCUT2D eigenvalue weighted by molar-refractivity contribution is 6.31. The molecule has 4 heteroatoms. The highest BCUT2D eigenvalue weighted by atomic mass is 35.5. The fourth-order valence-electron chi connectivity index (χ4n) is 2.18. The van der Waals surface area contributed by atoms with Crippen LogP contribution in [0.4, 0.5) is 0 Å². The van der Waals surface area contributed by atoms with Crippen molar-refractivity contribution in [2.24, 2.45) is 5.73 Å². The number of halogens is 2. The summed E-state index contributed by atoms with van der Waals surface area (Å²) in [5.41, 5.74) is 8.48. The number of rotatable bonds is 2. The molecule has 0 aliphatic carbocycles. The van der Waals surface area contributed by atoms with Gasteiger partial charge in [-0.2, -0.15) is 0 Å². The lowest BCUT2D eigenvalue weighted by molar-refractivity contribution is 0.242. The van der Waals surface area contributed by atoms with Crippen molar-refractivity contribution in [1.82, 2.24) is 4.90 Å². The van der Waals surface area contributed by atoms with Gasteiger partial charge in [0.25, 0.3) is 0 Å². The number of fused-ring (bicyclic) bond motifs is 1. The third-order valence-corrected chi connectivity index (χ3v) is 3.19. The van der Waals surface area contributed by atoms with Crippen LogP contribution in [-0.2, 0) is 13.0 Å². The average molecular weight is 261 g/mol. The van der Waals surface area contributed by atoms with E-state index in [4.69, 9.17) is 17.3 Å². The fourth-order valence-corrected chi connectivity index (χ4v) is 2.47. The molecule has 0 radical (unpaired) electrons. The van der Waals surface area contributed by atoms with Crippen LogP contribution in [0.15, 0.2) is 18.2 Å². The molecule has 1 aliphatic rings. The van der Waals surface area contributed by atoms with Gasteiger partial charge in [0.05, 0.1) is 0 Å². The zero-order chi connectivity index (χ0) is 10.8. The minimum Gasteiger partial charge on any atom is -0.327 e. The van der Waals surface area contributed by atoms with E-state index in [9.17, 15) is 0 Å². The Balaban J connectivity index is 0.00000128. The first-order valence-electron chi connectivity index (χ1n) is 5.41. The van der Waals surface area contributed by atoms with Crippen LogP contribution >= 0.6 is 24.0 Å². The van der Waals surface area contributed by atoms with E-state index in [2.05, 4.69) is 11.0 Å². The molecule has 1 aromatic carbocycles. The van der Waals surface area contributed by atoms with Crippen LogP contribution in [0.2, 0.25) is 5.02 Å². The molecule has 1 atom stereocenters. The molecule has 1 aromatic rings. The predicted octanol–water partition coefficient (Wildman–Crippen LogP) is 2.47. The van der Waals surface area contributed by atoms with Gasteiger partial charge in [0, 0.05) is 30.7 Å². The lowest BCUT2D eigenvalue weighted by atomic mass is 9.99. The largest absolute Gasteiger partial charge is 0.327 e. The van der Waals surface area contributed by atoms with E-state index in [0.29, 0.717) is 0 Å². The summed E-state index contributed by atoms with van der Waals surface area (Å²) in [6, 6.07) is 6.40. The molecule has 1 heterocycles. The molecule has 2 rings (SSSR count). The van der Waals surface area contributed by atoms with E-state index in [-0.39, 0.29) is 18.4 Å². The molecule has 90 valence electrons. The molecule has 2 nitrogen and oxygen atoms in total. The van der Waals surface area contributed by atoms with Crippen molar-refractivity contribution in [2.75, 3.05) is 13.1 Å². The predicted molar refractivity (Wildman–Crippen MR) is 71.3 cm³/mol. The van der Waals surface area contributed by atoms with Crippen LogP contribution < -0.4 is 5.73 Å². The second-order valence-corrected chi connectivity index (χ2v) is 4.75. The summed E-state index contributed by atoms with van der Waals surface area (Å²) < 4.78 is 0. The van der Waals surface area contributed by atoms with Gasteiger partial charge in [0.1, 0.15) is 0 Å². The van der Waals surface area contributed by atoms with Gasteiger partial charge in [-0.15, -0.1) is 12.4 Å². The Morgan fingerprint density at radius 2 is 2.25 bits per heavy atom. The molecule has 2 N–H and O–H groups in total.